The van der Waals surface area contributed by atoms with Gasteiger partial charge >= 0.3 is 0 Å². The van der Waals surface area contributed by atoms with E-state index in [0.29, 0.717) is 23.8 Å². The number of aromatic nitrogens is 1. The molecule has 1 unspecified atom stereocenters. The van der Waals surface area contributed by atoms with E-state index in [1.807, 2.05) is 60.8 Å². The number of aromatic amines is 1. The highest BCUT2D eigenvalue weighted by molar-refractivity contribution is 5.86. The third-order valence-electron chi connectivity index (χ3n) is 6.12. The molecule has 0 spiro atoms. The minimum atomic E-state index is -0.238. The highest BCUT2D eigenvalue weighted by Gasteiger charge is 2.26. The van der Waals surface area contributed by atoms with Crippen LogP contribution in [-0.2, 0) is 11.3 Å². The van der Waals surface area contributed by atoms with Gasteiger partial charge in [0.15, 0.2) is 23.0 Å². The molecule has 0 aliphatic carbocycles. The first-order chi connectivity index (χ1) is 16.7. The number of para-hydroxylation sites is 2. The molecule has 1 aromatic heterocycles. The van der Waals surface area contributed by atoms with E-state index in [9.17, 15) is 4.79 Å². The number of rotatable bonds is 8. The van der Waals surface area contributed by atoms with Crippen molar-refractivity contribution in [3.8, 4) is 23.0 Å². The van der Waals surface area contributed by atoms with Crippen LogP contribution in [0.1, 0.15) is 29.0 Å². The molecule has 1 amide bonds. The summed E-state index contributed by atoms with van der Waals surface area (Å²) in [6, 6.07) is 19.5. The van der Waals surface area contributed by atoms with Gasteiger partial charge in [-0.25, -0.2) is 0 Å². The van der Waals surface area contributed by atoms with Gasteiger partial charge in [0.2, 0.25) is 12.7 Å². The monoisotopic (exact) mass is 458 g/mol. The van der Waals surface area contributed by atoms with Crippen LogP contribution in [0, 0.1) is 0 Å². The van der Waals surface area contributed by atoms with Gasteiger partial charge in [-0.3, -0.25) is 4.79 Å². The number of hydrogen-bond acceptors (Lipinski definition) is 5. The van der Waals surface area contributed by atoms with Crippen LogP contribution in [0.5, 0.6) is 23.0 Å². The SMILES string of the molecule is COc1cccc(C(CC(=O)NCc2ccc3c(c2)OCO3)c2c[nH]c3ccccc23)c1OC. The van der Waals surface area contributed by atoms with E-state index in [1.165, 1.54) is 0 Å². The molecule has 7 nitrogen and oxygen atoms in total. The number of nitrogens with one attached hydrogen (secondary N) is 2. The van der Waals surface area contributed by atoms with Gasteiger partial charge in [0.25, 0.3) is 0 Å². The molecule has 174 valence electrons. The van der Waals surface area contributed by atoms with Gasteiger partial charge in [-0.05, 0) is 35.4 Å². The Morgan fingerprint density at radius 2 is 1.85 bits per heavy atom. The number of benzene rings is 3. The van der Waals surface area contributed by atoms with Crippen molar-refractivity contribution >= 4 is 16.8 Å². The average molecular weight is 459 g/mol. The Kier molecular flexibility index (Phi) is 5.99. The number of ether oxygens (including phenoxy) is 4. The van der Waals surface area contributed by atoms with Crippen LogP contribution in [-0.4, -0.2) is 31.9 Å². The maximum atomic E-state index is 13.2. The predicted molar refractivity (Wildman–Crippen MR) is 129 cm³/mol. The van der Waals surface area contributed by atoms with E-state index in [0.717, 1.165) is 33.3 Å². The van der Waals surface area contributed by atoms with Crippen molar-refractivity contribution in [2.24, 2.45) is 0 Å². The fraction of sp³-hybridized carbons (Fsp3) is 0.222. The lowest BCUT2D eigenvalue weighted by molar-refractivity contribution is -0.121. The highest BCUT2D eigenvalue weighted by Crippen LogP contribution is 2.42. The Morgan fingerprint density at radius 1 is 1.00 bits per heavy atom. The standard InChI is InChI=1S/C27H26N2O5/c1-31-24-9-5-7-19(27(24)32-2)20(21-15-28-22-8-4-3-6-18(21)22)13-26(30)29-14-17-10-11-23-25(12-17)34-16-33-23/h3-12,15,20,28H,13-14,16H2,1-2H3,(H,29,30). The molecule has 0 fully saturated rings. The van der Waals surface area contributed by atoms with Gasteiger partial charge in [0, 0.05) is 41.5 Å². The number of amides is 1. The van der Waals surface area contributed by atoms with Crippen LogP contribution in [0.3, 0.4) is 0 Å². The van der Waals surface area contributed by atoms with Gasteiger partial charge in [-0.2, -0.15) is 0 Å². The Bertz CT molecular complexity index is 1330. The number of methoxy groups -OCH3 is 2. The number of H-pyrrole nitrogens is 1. The summed E-state index contributed by atoms with van der Waals surface area (Å²) >= 11 is 0. The predicted octanol–water partition coefficient (Wildman–Crippen LogP) is 4.75. The molecule has 0 radical (unpaired) electrons. The zero-order valence-electron chi connectivity index (χ0n) is 19.1. The van der Waals surface area contributed by atoms with Crippen molar-refractivity contribution in [2.75, 3.05) is 21.0 Å². The van der Waals surface area contributed by atoms with Crippen LogP contribution in [0.15, 0.2) is 66.9 Å². The lowest BCUT2D eigenvalue weighted by atomic mass is 9.87. The maximum Gasteiger partial charge on any atom is 0.231 e. The zero-order valence-corrected chi connectivity index (χ0v) is 19.1. The summed E-state index contributed by atoms with van der Waals surface area (Å²) in [6.07, 6.45) is 2.22. The average Bonchev–Trinajstić information content (AvgIpc) is 3.52. The van der Waals surface area contributed by atoms with Crippen molar-refractivity contribution < 1.29 is 23.7 Å². The summed E-state index contributed by atoms with van der Waals surface area (Å²) in [5.41, 5.74) is 3.88. The maximum absolute atomic E-state index is 13.2. The molecule has 2 heterocycles. The minimum absolute atomic E-state index is 0.0715. The quantitative estimate of drug-likeness (QED) is 0.398. The number of hydrogen-bond donors (Lipinski definition) is 2. The number of carbonyl (C=O) groups is 1. The van der Waals surface area contributed by atoms with E-state index >= 15 is 0 Å². The number of carbonyl (C=O) groups excluding carboxylic acids is 1. The molecule has 0 saturated heterocycles. The lowest BCUT2D eigenvalue weighted by Crippen LogP contribution is -2.25. The summed E-state index contributed by atoms with van der Waals surface area (Å²) < 4.78 is 22.0. The lowest BCUT2D eigenvalue weighted by Gasteiger charge is -2.21. The summed E-state index contributed by atoms with van der Waals surface area (Å²) in [7, 11) is 3.23. The van der Waals surface area contributed by atoms with Crippen LogP contribution in [0.2, 0.25) is 0 Å². The van der Waals surface area contributed by atoms with E-state index in [4.69, 9.17) is 18.9 Å². The molecule has 4 aromatic rings. The molecule has 7 heteroatoms. The first-order valence-electron chi connectivity index (χ1n) is 11.1. The summed E-state index contributed by atoms with van der Waals surface area (Å²) in [5.74, 6) is 2.37. The highest BCUT2D eigenvalue weighted by atomic mass is 16.7. The second-order valence-corrected chi connectivity index (χ2v) is 8.09. The molecule has 3 aromatic carbocycles. The molecule has 1 atom stereocenters. The molecule has 0 bridgehead atoms. The van der Waals surface area contributed by atoms with Crippen LogP contribution in [0.25, 0.3) is 10.9 Å². The molecule has 1 aliphatic rings. The first kappa shape index (κ1) is 21.7. The molecule has 34 heavy (non-hydrogen) atoms. The largest absolute Gasteiger partial charge is 0.493 e. The van der Waals surface area contributed by atoms with E-state index in [1.54, 1.807) is 14.2 Å². The topological polar surface area (TPSA) is 81.8 Å². The Balaban J connectivity index is 1.44. The second-order valence-electron chi connectivity index (χ2n) is 8.09. The van der Waals surface area contributed by atoms with Gasteiger partial charge < -0.3 is 29.2 Å². The minimum Gasteiger partial charge on any atom is -0.493 e. The van der Waals surface area contributed by atoms with Gasteiger partial charge in [0.1, 0.15) is 0 Å². The Morgan fingerprint density at radius 3 is 2.71 bits per heavy atom. The number of fused-ring (bicyclic) bond motifs is 2. The van der Waals surface area contributed by atoms with E-state index < -0.39 is 0 Å². The van der Waals surface area contributed by atoms with Crippen molar-refractivity contribution in [3.63, 3.8) is 0 Å². The van der Waals surface area contributed by atoms with Gasteiger partial charge in [-0.15, -0.1) is 0 Å². The van der Waals surface area contributed by atoms with Crippen molar-refractivity contribution in [1.82, 2.24) is 10.3 Å². The van der Waals surface area contributed by atoms with Crippen molar-refractivity contribution in [2.45, 2.75) is 18.9 Å². The van der Waals surface area contributed by atoms with Crippen molar-refractivity contribution in [3.05, 3.63) is 83.6 Å². The summed E-state index contributed by atoms with van der Waals surface area (Å²) in [4.78, 5) is 16.5. The fourth-order valence-electron chi connectivity index (χ4n) is 4.47. The van der Waals surface area contributed by atoms with Crippen LogP contribution < -0.4 is 24.3 Å². The molecule has 2 N–H and O–H groups in total. The van der Waals surface area contributed by atoms with Gasteiger partial charge in [0.05, 0.1) is 14.2 Å². The molecule has 0 saturated carbocycles. The Hall–Kier alpha value is -4.13. The Labute approximate surface area is 197 Å². The zero-order chi connectivity index (χ0) is 23.5. The van der Waals surface area contributed by atoms with Crippen LogP contribution in [0.4, 0.5) is 0 Å². The van der Waals surface area contributed by atoms with E-state index in [2.05, 4.69) is 16.4 Å². The summed E-state index contributed by atoms with van der Waals surface area (Å²) in [6.45, 7) is 0.616. The normalized spacial score (nSPS) is 13.0. The third kappa shape index (κ3) is 4.12. The molecular formula is C27H26N2O5. The molecule has 1 aliphatic heterocycles. The summed E-state index contributed by atoms with van der Waals surface area (Å²) in [5, 5.41) is 4.12. The molecule has 5 rings (SSSR count). The van der Waals surface area contributed by atoms with E-state index in [-0.39, 0.29) is 25.0 Å². The van der Waals surface area contributed by atoms with Gasteiger partial charge in [-0.1, -0.05) is 36.4 Å². The fourth-order valence-corrected chi connectivity index (χ4v) is 4.47. The molecular weight excluding hydrogens is 432 g/mol. The third-order valence-corrected chi connectivity index (χ3v) is 6.12. The first-order valence-corrected chi connectivity index (χ1v) is 11.1. The second kappa shape index (κ2) is 9.39. The van der Waals surface area contributed by atoms with Crippen LogP contribution >= 0.6 is 0 Å². The smallest absolute Gasteiger partial charge is 0.231 e. The van der Waals surface area contributed by atoms with Crippen molar-refractivity contribution in [1.29, 1.82) is 0 Å².